The van der Waals surface area contributed by atoms with E-state index in [0.717, 1.165) is 5.56 Å². The molecule has 0 fully saturated rings. The highest BCUT2D eigenvalue weighted by molar-refractivity contribution is 7.92. The number of para-hydroxylation sites is 1. The van der Waals surface area contributed by atoms with Crippen LogP contribution in [0.2, 0.25) is 0 Å². The number of amides is 1. The third-order valence-electron chi connectivity index (χ3n) is 3.99. The molecule has 0 atom stereocenters. The molecule has 30 heavy (non-hydrogen) atoms. The topological polar surface area (TPSA) is 120 Å². The first-order valence-electron chi connectivity index (χ1n) is 8.84. The smallest absolute Gasteiger partial charge is 0.263 e. The van der Waals surface area contributed by atoms with Gasteiger partial charge < -0.3 is 14.8 Å². The molecule has 1 heterocycles. The van der Waals surface area contributed by atoms with Crippen LogP contribution in [0.3, 0.4) is 0 Å². The zero-order valence-electron chi connectivity index (χ0n) is 16.3. The Bertz CT molecular complexity index is 1130. The summed E-state index contributed by atoms with van der Waals surface area (Å²) in [5.41, 5.74) is 1.37. The first-order valence-corrected chi connectivity index (χ1v) is 10.3. The van der Waals surface area contributed by atoms with E-state index in [-0.39, 0.29) is 29.1 Å². The molecule has 9 nitrogen and oxygen atoms in total. The Morgan fingerprint density at radius 2 is 1.80 bits per heavy atom. The molecular formula is C20H20N4O5S. The average molecular weight is 428 g/mol. The lowest BCUT2D eigenvalue weighted by Crippen LogP contribution is -2.20. The third kappa shape index (κ3) is 5.45. The van der Waals surface area contributed by atoms with E-state index >= 15 is 0 Å². The number of aromatic nitrogens is 2. The number of anilines is 2. The maximum atomic E-state index is 12.5. The zero-order valence-corrected chi connectivity index (χ0v) is 17.1. The van der Waals surface area contributed by atoms with Crippen molar-refractivity contribution >= 4 is 27.4 Å². The lowest BCUT2D eigenvalue weighted by molar-refractivity contribution is -0.118. The van der Waals surface area contributed by atoms with Crippen molar-refractivity contribution in [2.24, 2.45) is 0 Å². The number of hydrogen-bond donors (Lipinski definition) is 2. The molecule has 0 aliphatic carbocycles. The highest BCUT2D eigenvalue weighted by atomic mass is 32.2. The number of carbonyl (C=O) groups excluding carboxylic acids is 1. The second kappa shape index (κ2) is 9.23. The minimum absolute atomic E-state index is 0.00855. The van der Waals surface area contributed by atoms with Crippen LogP contribution in [0.15, 0.2) is 65.8 Å². The highest BCUT2D eigenvalue weighted by Crippen LogP contribution is 2.19. The number of hydrogen-bond acceptors (Lipinski definition) is 7. The van der Waals surface area contributed by atoms with Crippen LogP contribution >= 0.6 is 0 Å². The second-order valence-corrected chi connectivity index (χ2v) is 7.86. The lowest BCUT2D eigenvalue weighted by Gasteiger charge is -2.10. The summed E-state index contributed by atoms with van der Waals surface area (Å²) in [6.07, 6.45) is 1.19. The summed E-state index contributed by atoms with van der Waals surface area (Å²) in [6.45, 7) is 1.72. The van der Waals surface area contributed by atoms with Crippen molar-refractivity contribution in [2.75, 3.05) is 23.8 Å². The molecular weight excluding hydrogens is 408 g/mol. The molecule has 2 N–H and O–H groups in total. The van der Waals surface area contributed by atoms with Gasteiger partial charge in [-0.2, -0.15) is 0 Å². The first kappa shape index (κ1) is 21.1. The van der Waals surface area contributed by atoms with Crippen LogP contribution in [0.25, 0.3) is 0 Å². The number of benzene rings is 2. The molecule has 0 spiro atoms. The standard InChI is InChI=1S/C20H20N4O5S/c1-14-5-3-4-6-17(14)29-12-19(25)23-15-7-9-16(10-8-15)30(26,27)24-18-11-20(28-2)22-13-21-18/h3-11,13H,12H2,1-2H3,(H,23,25)(H,21,22,24). The van der Waals surface area contributed by atoms with Crippen LogP contribution in [-0.4, -0.2) is 38.0 Å². The number of ether oxygens (including phenoxy) is 2. The first-order chi connectivity index (χ1) is 14.4. The number of aryl methyl sites for hydroxylation is 1. The Kier molecular flexibility index (Phi) is 6.48. The normalized spacial score (nSPS) is 10.9. The number of rotatable bonds is 8. The van der Waals surface area contributed by atoms with E-state index in [1.165, 1.54) is 43.8 Å². The molecule has 0 unspecified atom stereocenters. The molecule has 1 aromatic heterocycles. The summed E-state index contributed by atoms with van der Waals surface area (Å²) < 4.78 is 37.8. The molecule has 156 valence electrons. The van der Waals surface area contributed by atoms with Gasteiger partial charge in [0, 0.05) is 11.8 Å². The van der Waals surface area contributed by atoms with Crippen LogP contribution in [0, 0.1) is 6.92 Å². The molecule has 2 aromatic carbocycles. The van der Waals surface area contributed by atoms with Gasteiger partial charge >= 0.3 is 0 Å². The van der Waals surface area contributed by atoms with Crippen LogP contribution in [0.1, 0.15) is 5.56 Å². The van der Waals surface area contributed by atoms with E-state index in [2.05, 4.69) is 20.0 Å². The number of nitrogens with one attached hydrogen (secondary N) is 2. The Balaban J connectivity index is 1.61. The monoisotopic (exact) mass is 428 g/mol. The fourth-order valence-corrected chi connectivity index (χ4v) is 3.48. The second-order valence-electron chi connectivity index (χ2n) is 6.18. The van der Waals surface area contributed by atoms with Gasteiger partial charge in [-0.3, -0.25) is 9.52 Å². The summed E-state index contributed by atoms with van der Waals surface area (Å²) in [4.78, 5) is 19.8. The molecule has 3 aromatic rings. The fraction of sp³-hybridized carbons (Fsp3) is 0.150. The van der Waals surface area contributed by atoms with E-state index in [0.29, 0.717) is 11.4 Å². The molecule has 0 bridgehead atoms. The van der Waals surface area contributed by atoms with Crippen molar-refractivity contribution in [1.29, 1.82) is 0 Å². The van der Waals surface area contributed by atoms with Gasteiger partial charge in [0.2, 0.25) is 5.88 Å². The molecule has 0 aliphatic heterocycles. The van der Waals surface area contributed by atoms with E-state index in [9.17, 15) is 13.2 Å². The van der Waals surface area contributed by atoms with Crippen molar-refractivity contribution in [2.45, 2.75) is 11.8 Å². The van der Waals surface area contributed by atoms with Gasteiger partial charge in [0.05, 0.1) is 12.0 Å². The Hall–Kier alpha value is -3.66. The van der Waals surface area contributed by atoms with Crippen LogP contribution in [-0.2, 0) is 14.8 Å². The van der Waals surface area contributed by atoms with E-state index in [4.69, 9.17) is 9.47 Å². The Morgan fingerprint density at radius 1 is 1.07 bits per heavy atom. The molecule has 0 radical (unpaired) electrons. The van der Waals surface area contributed by atoms with Gasteiger partial charge in [0.25, 0.3) is 15.9 Å². The van der Waals surface area contributed by atoms with Gasteiger partial charge in [-0.1, -0.05) is 18.2 Å². The number of nitrogens with zero attached hydrogens (tertiary/aromatic N) is 2. The minimum atomic E-state index is -3.87. The van der Waals surface area contributed by atoms with E-state index in [1.807, 2.05) is 25.1 Å². The largest absolute Gasteiger partial charge is 0.483 e. The Labute approximate surface area is 174 Å². The summed E-state index contributed by atoms with van der Waals surface area (Å²) in [5.74, 6) is 0.572. The van der Waals surface area contributed by atoms with Crippen LogP contribution in [0.4, 0.5) is 11.5 Å². The molecule has 0 saturated carbocycles. The van der Waals surface area contributed by atoms with E-state index in [1.54, 1.807) is 6.07 Å². The summed E-state index contributed by atoms with van der Waals surface area (Å²) in [6, 6.07) is 14.5. The van der Waals surface area contributed by atoms with Gasteiger partial charge in [-0.05, 0) is 42.8 Å². The predicted octanol–water partition coefficient (Wildman–Crippen LogP) is 2.61. The van der Waals surface area contributed by atoms with Crippen molar-refractivity contribution in [3.05, 3.63) is 66.5 Å². The van der Waals surface area contributed by atoms with Crippen molar-refractivity contribution in [3.8, 4) is 11.6 Å². The number of sulfonamides is 1. The molecule has 0 aliphatic rings. The molecule has 0 saturated heterocycles. The Morgan fingerprint density at radius 3 is 2.50 bits per heavy atom. The third-order valence-corrected chi connectivity index (χ3v) is 5.36. The minimum Gasteiger partial charge on any atom is -0.483 e. The zero-order chi connectivity index (χ0) is 21.6. The summed E-state index contributed by atoms with van der Waals surface area (Å²) in [7, 11) is -2.45. The molecule has 10 heteroatoms. The van der Waals surface area contributed by atoms with Crippen LogP contribution in [0.5, 0.6) is 11.6 Å². The van der Waals surface area contributed by atoms with Crippen molar-refractivity contribution in [3.63, 3.8) is 0 Å². The number of carbonyl (C=O) groups is 1. The van der Waals surface area contributed by atoms with Crippen molar-refractivity contribution < 1.29 is 22.7 Å². The average Bonchev–Trinajstić information content (AvgIpc) is 2.73. The summed E-state index contributed by atoms with van der Waals surface area (Å²) >= 11 is 0. The van der Waals surface area contributed by atoms with E-state index < -0.39 is 10.0 Å². The van der Waals surface area contributed by atoms with Gasteiger partial charge in [0.1, 0.15) is 17.9 Å². The predicted molar refractivity (Wildman–Crippen MR) is 111 cm³/mol. The van der Waals surface area contributed by atoms with Crippen molar-refractivity contribution in [1.82, 2.24) is 9.97 Å². The fourth-order valence-electron chi connectivity index (χ4n) is 2.48. The number of methoxy groups -OCH3 is 1. The maximum absolute atomic E-state index is 12.5. The van der Waals surface area contributed by atoms with Gasteiger partial charge in [0.15, 0.2) is 6.61 Å². The molecule has 1 amide bonds. The lowest BCUT2D eigenvalue weighted by atomic mass is 10.2. The highest BCUT2D eigenvalue weighted by Gasteiger charge is 2.16. The maximum Gasteiger partial charge on any atom is 0.263 e. The van der Waals surface area contributed by atoms with Gasteiger partial charge in [-0.15, -0.1) is 0 Å². The molecule has 3 rings (SSSR count). The summed E-state index contributed by atoms with van der Waals surface area (Å²) in [5, 5.41) is 2.66. The quantitative estimate of drug-likeness (QED) is 0.566. The van der Waals surface area contributed by atoms with Crippen LogP contribution < -0.4 is 19.5 Å². The van der Waals surface area contributed by atoms with Gasteiger partial charge in [-0.25, -0.2) is 18.4 Å². The SMILES string of the molecule is COc1cc(NS(=O)(=O)c2ccc(NC(=O)COc3ccccc3C)cc2)ncn1.